The van der Waals surface area contributed by atoms with E-state index in [1.165, 1.54) is 44.9 Å². The predicted molar refractivity (Wildman–Crippen MR) is 61.8 cm³/mol. The molecule has 0 radical (unpaired) electrons. The Labute approximate surface area is 88.6 Å². The molecule has 0 bridgehead atoms. The molecule has 0 spiro atoms. The van der Waals surface area contributed by atoms with Crippen molar-refractivity contribution in [1.82, 2.24) is 5.43 Å². The van der Waals surface area contributed by atoms with Crippen LogP contribution < -0.4 is 11.3 Å². The average molecular weight is 198 g/mol. The molecule has 2 nitrogen and oxygen atoms in total. The first-order valence-electron chi connectivity index (χ1n) is 6.24. The molecular weight excluding hydrogens is 172 g/mol. The van der Waals surface area contributed by atoms with Gasteiger partial charge in [0.2, 0.25) is 0 Å². The lowest BCUT2D eigenvalue weighted by molar-refractivity contribution is 0.328. The second-order valence-electron chi connectivity index (χ2n) is 4.95. The lowest BCUT2D eigenvalue weighted by atomic mass is 9.93. The maximum atomic E-state index is 5.63. The van der Waals surface area contributed by atoms with Crippen LogP contribution in [0.4, 0.5) is 0 Å². The Morgan fingerprint density at radius 2 is 2.14 bits per heavy atom. The Morgan fingerprint density at radius 3 is 2.64 bits per heavy atom. The van der Waals surface area contributed by atoms with Crippen molar-refractivity contribution >= 4 is 0 Å². The number of hydrogen-bond acceptors (Lipinski definition) is 2. The zero-order valence-corrected chi connectivity index (χ0v) is 9.76. The highest BCUT2D eigenvalue weighted by molar-refractivity contribution is 4.81. The zero-order chi connectivity index (χ0) is 10.4. The summed E-state index contributed by atoms with van der Waals surface area (Å²) in [6, 6.07) is 0.575. The van der Waals surface area contributed by atoms with Crippen molar-refractivity contribution in [1.29, 1.82) is 0 Å². The Morgan fingerprint density at radius 1 is 1.36 bits per heavy atom. The molecule has 3 unspecified atom stereocenters. The normalized spacial score (nSPS) is 29.4. The predicted octanol–water partition coefficient (Wildman–Crippen LogP) is 2.83. The van der Waals surface area contributed by atoms with Crippen molar-refractivity contribution in [3.05, 3.63) is 0 Å². The average Bonchev–Trinajstić information content (AvgIpc) is 2.60. The van der Waals surface area contributed by atoms with E-state index in [9.17, 15) is 0 Å². The van der Waals surface area contributed by atoms with E-state index in [2.05, 4.69) is 19.3 Å². The van der Waals surface area contributed by atoms with Gasteiger partial charge in [0.25, 0.3) is 0 Å². The smallest absolute Gasteiger partial charge is 0.0238 e. The van der Waals surface area contributed by atoms with E-state index in [1.807, 2.05) is 0 Å². The van der Waals surface area contributed by atoms with Gasteiger partial charge in [-0.25, -0.2) is 0 Å². The summed E-state index contributed by atoms with van der Waals surface area (Å²) in [5.74, 6) is 7.39. The topological polar surface area (TPSA) is 38.0 Å². The molecule has 84 valence electrons. The fraction of sp³-hybridized carbons (Fsp3) is 1.00. The summed E-state index contributed by atoms with van der Waals surface area (Å²) in [5, 5.41) is 0. The molecule has 0 aromatic carbocycles. The molecule has 0 aromatic rings. The van der Waals surface area contributed by atoms with Gasteiger partial charge in [-0.2, -0.15) is 0 Å². The van der Waals surface area contributed by atoms with Gasteiger partial charge in [0.05, 0.1) is 0 Å². The zero-order valence-electron chi connectivity index (χ0n) is 9.76. The van der Waals surface area contributed by atoms with Gasteiger partial charge in [-0.1, -0.05) is 39.5 Å². The fourth-order valence-electron chi connectivity index (χ4n) is 2.69. The molecule has 0 aliphatic heterocycles. The lowest BCUT2D eigenvalue weighted by Gasteiger charge is -2.22. The van der Waals surface area contributed by atoms with Crippen molar-refractivity contribution in [3.63, 3.8) is 0 Å². The van der Waals surface area contributed by atoms with E-state index >= 15 is 0 Å². The Kier molecular flexibility index (Phi) is 5.49. The SMILES string of the molecule is CCCCCC(NN)C1CCC(C)C1. The largest absolute Gasteiger partial charge is 0.271 e. The highest BCUT2D eigenvalue weighted by atomic mass is 15.2. The van der Waals surface area contributed by atoms with Crippen LogP contribution in [0.15, 0.2) is 0 Å². The van der Waals surface area contributed by atoms with Crippen molar-refractivity contribution in [3.8, 4) is 0 Å². The Balaban J connectivity index is 2.23. The van der Waals surface area contributed by atoms with Gasteiger partial charge >= 0.3 is 0 Å². The molecule has 1 fully saturated rings. The Bertz CT molecular complexity index is 147. The van der Waals surface area contributed by atoms with E-state index in [1.54, 1.807) is 0 Å². The third kappa shape index (κ3) is 3.58. The van der Waals surface area contributed by atoms with Crippen LogP contribution in [-0.2, 0) is 0 Å². The van der Waals surface area contributed by atoms with Gasteiger partial charge in [-0.05, 0) is 31.1 Å². The highest BCUT2D eigenvalue weighted by Gasteiger charge is 2.27. The summed E-state index contributed by atoms with van der Waals surface area (Å²) in [5.41, 5.74) is 3.02. The molecule has 1 rings (SSSR count). The van der Waals surface area contributed by atoms with Crippen LogP contribution in [0.1, 0.15) is 58.8 Å². The number of rotatable bonds is 6. The van der Waals surface area contributed by atoms with Gasteiger partial charge in [0.15, 0.2) is 0 Å². The summed E-state index contributed by atoms with van der Waals surface area (Å²) < 4.78 is 0. The molecule has 1 aliphatic carbocycles. The first-order valence-corrected chi connectivity index (χ1v) is 6.24. The minimum absolute atomic E-state index is 0.575. The summed E-state index contributed by atoms with van der Waals surface area (Å²) >= 11 is 0. The van der Waals surface area contributed by atoms with E-state index in [-0.39, 0.29) is 0 Å². The molecule has 3 N–H and O–H groups in total. The maximum Gasteiger partial charge on any atom is 0.0238 e. The third-order valence-electron chi connectivity index (χ3n) is 3.64. The Hall–Kier alpha value is -0.0800. The van der Waals surface area contributed by atoms with Gasteiger partial charge in [-0.3, -0.25) is 11.3 Å². The summed E-state index contributed by atoms with van der Waals surface area (Å²) in [6.45, 7) is 4.61. The molecule has 14 heavy (non-hydrogen) atoms. The molecule has 1 saturated carbocycles. The molecule has 2 heteroatoms. The summed E-state index contributed by atoms with van der Waals surface area (Å²) in [4.78, 5) is 0. The highest BCUT2D eigenvalue weighted by Crippen LogP contribution is 2.33. The second kappa shape index (κ2) is 6.41. The lowest BCUT2D eigenvalue weighted by Crippen LogP contribution is -2.40. The first kappa shape index (κ1) is 12.0. The molecular formula is C12H26N2. The third-order valence-corrected chi connectivity index (χ3v) is 3.64. The van der Waals surface area contributed by atoms with Gasteiger partial charge < -0.3 is 0 Å². The van der Waals surface area contributed by atoms with E-state index in [4.69, 9.17) is 5.84 Å². The van der Waals surface area contributed by atoms with E-state index in [0.717, 1.165) is 11.8 Å². The number of unbranched alkanes of at least 4 members (excludes halogenated alkanes) is 2. The van der Waals surface area contributed by atoms with Gasteiger partial charge in [-0.15, -0.1) is 0 Å². The number of hydrazine groups is 1. The van der Waals surface area contributed by atoms with E-state index < -0.39 is 0 Å². The van der Waals surface area contributed by atoms with Crippen molar-refractivity contribution in [2.45, 2.75) is 64.8 Å². The van der Waals surface area contributed by atoms with Crippen LogP contribution in [0.5, 0.6) is 0 Å². The molecule has 0 amide bonds. The quantitative estimate of drug-likeness (QED) is 0.391. The van der Waals surface area contributed by atoms with E-state index in [0.29, 0.717) is 6.04 Å². The van der Waals surface area contributed by atoms with Crippen molar-refractivity contribution in [2.75, 3.05) is 0 Å². The number of hydrogen-bond donors (Lipinski definition) is 2. The van der Waals surface area contributed by atoms with Crippen molar-refractivity contribution in [2.24, 2.45) is 17.7 Å². The van der Waals surface area contributed by atoms with Crippen molar-refractivity contribution < 1.29 is 0 Å². The van der Waals surface area contributed by atoms with Crippen LogP contribution >= 0.6 is 0 Å². The van der Waals surface area contributed by atoms with Gasteiger partial charge in [0.1, 0.15) is 0 Å². The monoisotopic (exact) mass is 198 g/mol. The number of nitrogens with one attached hydrogen (secondary N) is 1. The maximum absolute atomic E-state index is 5.63. The summed E-state index contributed by atoms with van der Waals surface area (Å²) in [7, 11) is 0. The van der Waals surface area contributed by atoms with Gasteiger partial charge in [0, 0.05) is 6.04 Å². The fourth-order valence-corrected chi connectivity index (χ4v) is 2.69. The van der Waals surface area contributed by atoms with Crippen LogP contribution in [0.3, 0.4) is 0 Å². The van der Waals surface area contributed by atoms with Crippen LogP contribution in [0.25, 0.3) is 0 Å². The molecule has 3 atom stereocenters. The minimum Gasteiger partial charge on any atom is -0.271 e. The summed E-state index contributed by atoms with van der Waals surface area (Å²) in [6.07, 6.45) is 9.40. The van der Waals surface area contributed by atoms with Crippen LogP contribution in [0.2, 0.25) is 0 Å². The van der Waals surface area contributed by atoms with Crippen LogP contribution in [-0.4, -0.2) is 6.04 Å². The molecule has 1 aliphatic rings. The number of nitrogens with two attached hydrogens (primary N) is 1. The standard InChI is InChI=1S/C12H26N2/c1-3-4-5-6-12(14-13)11-8-7-10(2)9-11/h10-12,14H,3-9,13H2,1-2H3. The van der Waals surface area contributed by atoms with Crippen LogP contribution in [0, 0.1) is 11.8 Å². The molecule has 0 saturated heterocycles. The minimum atomic E-state index is 0.575. The second-order valence-corrected chi connectivity index (χ2v) is 4.95. The molecule has 0 aromatic heterocycles. The molecule has 0 heterocycles. The first-order chi connectivity index (χ1) is 6.77.